The topological polar surface area (TPSA) is 57.5 Å². The van der Waals surface area contributed by atoms with Gasteiger partial charge in [0.25, 0.3) is 0 Å². The molecule has 0 unspecified atom stereocenters. The zero-order chi connectivity index (χ0) is 7.49. The summed E-state index contributed by atoms with van der Waals surface area (Å²) in [6.45, 7) is 0. The Bertz CT molecular complexity index is 125. The Morgan fingerprint density at radius 1 is 1.40 bits per heavy atom. The van der Waals surface area contributed by atoms with E-state index in [9.17, 15) is 13.3 Å². The van der Waals surface area contributed by atoms with Crippen molar-refractivity contribution in [1.29, 1.82) is 0 Å². The summed E-state index contributed by atoms with van der Waals surface area (Å²) >= 11 is 0. The van der Waals surface area contributed by atoms with Crippen molar-refractivity contribution in [3.8, 4) is 0 Å². The predicted molar refractivity (Wildman–Crippen MR) is 34.8 cm³/mol. The van der Waals surface area contributed by atoms with Crippen LogP contribution in [0.3, 0.4) is 0 Å². The van der Waals surface area contributed by atoms with Crippen LogP contribution in [0, 0.1) is 0 Å². The molecule has 0 bridgehead atoms. The third kappa shape index (κ3) is 11.1. The lowest BCUT2D eigenvalue weighted by atomic mass is 10.5. The monoisotopic (exact) mass is 196 g/mol. The summed E-state index contributed by atoms with van der Waals surface area (Å²) in [6.07, 6.45) is -4.09. The Hall–Kier alpha value is 0.300. The minimum Gasteiger partial charge on any atom is -0.324 e. The summed E-state index contributed by atoms with van der Waals surface area (Å²) < 4.78 is 32.3. The third-order valence-electron chi connectivity index (χ3n) is 0.639. The maximum Gasteiger partial charge on any atom is 0.325 e. The second-order valence-electron chi connectivity index (χ2n) is 1.57. The molecule has 0 spiro atoms. The van der Waals surface area contributed by atoms with Crippen LogP contribution in [0.15, 0.2) is 0 Å². The summed E-state index contributed by atoms with van der Waals surface area (Å²) in [5.41, 5.74) is 0. The molecule has 0 saturated carbocycles. The highest BCUT2D eigenvalue weighted by Gasteiger charge is 2.15. The normalized spacial score (nSPS) is 11.3. The second kappa shape index (κ2) is 5.02. The van der Waals surface area contributed by atoms with Gasteiger partial charge in [-0.2, -0.15) is 0 Å². The number of rotatable bonds is 3. The first-order valence-corrected chi connectivity index (χ1v) is 4.04. The molecule has 0 aliphatic carbocycles. The molecule has 0 aromatic rings. The maximum absolute atomic E-state index is 11.2. The van der Waals surface area contributed by atoms with E-state index in [4.69, 9.17) is 9.79 Å². The largest absolute Gasteiger partial charge is 0.325 e. The van der Waals surface area contributed by atoms with Gasteiger partial charge in [0, 0.05) is 6.42 Å². The number of hydrogen-bond acceptors (Lipinski definition) is 1. The standard InChI is InChI=1S/C3H7F2O3P.ClH/c4-3(5)1-2-9(6,7)8;/h3H,1-2H2,(H2,6,7,8);1H. The van der Waals surface area contributed by atoms with Crippen LogP contribution in [-0.2, 0) is 4.57 Å². The number of alkyl halides is 2. The Balaban J connectivity index is 0. The van der Waals surface area contributed by atoms with Gasteiger partial charge in [0.05, 0.1) is 6.16 Å². The van der Waals surface area contributed by atoms with Crippen molar-refractivity contribution in [2.75, 3.05) is 6.16 Å². The highest BCUT2D eigenvalue weighted by molar-refractivity contribution is 7.51. The molecular weight excluding hydrogens is 188 g/mol. The summed E-state index contributed by atoms with van der Waals surface area (Å²) in [6, 6.07) is 0. The molecule has 0 heterocycles. The van der Waals surface area contributed by atoms with Crippen LogP contribution in [0.4, 0.5) is 8.78 Å². The van der Waals surface area contributed by atoms with Gasteiger partial charge in [-0.15, -0.1) is 12.4 Å². The molecule has 2 N–H and O–H groups in total. The average Bonchev–Trinajstić information content (AvgIpc) is 1.59. The lowest BCUT2D eigenvalue weighted by molar-refractivity contribution is 0.142. The quantitative estimate of drug-likeness (QED) is 0.668. The first-order valence-electron chi connectivity index (χ1n) is 2.24. The molecule has 0 aliphatic heterocycles. The molecule has 64 valence electrons. The highest BCUT2D eigenvalue weighted by Crippen LogP contribution is 2.35. The van der Waals surface area contributed by atoms with E-state index in [-0.39, 0.29) is 12.4 Å². The van der Waals surface area contributed by atoms with Crippen LogP contribution in [0.1, 0.15) is 6.42 Å². The van der Waals surface area contributed by atoms with E-state index < -0.39 is 26.6 Å². The fourth-order valence-electron chi connectivity index (χ4n) is 0.266. The van der Waals surface area contributed by atoms with E-state index in [1.165, 1.54) is 0 Å². The smallest absolute Gasteiger partial charge is 0.324 e. The van der Waals surface area contributed by atoms with Crippen LogP contribution >= 0.6 is 20.0 Å². The van der Waals surface area contributed by atoms with Crippen molar-refractivity contribution in [3.05, 3.63) is 0 Å². The lowest BCUT2D eigenvalue weighted by Gasteiger charge is -2.00. The summed E-state index contributed by atoms with van der Waals surface area (Å²) in [5, 5.41) is 0. The molecule has 0 radical (unpaired) electrons. The molecule has 10 heavy (non-hydrogen) atoms. The Kier molecular flexibility index (Phi) is 6.49. The van der Waals surface area contributed by atoms with Gasteiger partial charge in [-0.3, -0.25) is 4.57 Å². The van der Waals surface area contributed by atoms with E-state index in [0.29, 0.717) is 0 Å². The van der Waals surface area contributed by atoms with Crippen molar-refractivity contribution in [3.63, 3.8) is 0 Å². The maximum atomic E-state index is 11.2. The Morgan fingerprint density at radius 3 is 1.90 bits per heavy atom. The van der Waals surface area contributed by atoms with Gasteiger partial charge in [0.1, 0.15) is 0 Å². The van der Waals surface area contributed by atoms with Crippen molar-refractivity contribution in [2.24, 2.45) is 0 Å². The molecule has 3 nitrogen and oxygen atoms in total. The molecule has 0 aliphatic rings. The molecule has 0 aromatic carbocycles. The summed E-state index contributed by atoms with van der Waals surface area (Å²) in [7, 11) is -4.20. The molecule has 7 heteroatoms. The van der Waals surface area contributed by atoms with E-state index in [1.807, 2.05) is 0 Å². The van der Waals surface area contributed by atoms with Gasteiger partial charge in [-0.25, -0.2) is 8.78 Å². The van der Waals surface area contributed by atoms with Gasteiger partial charge in [0.15, 0.2) is 0 Å². The van der Waals surface area contributed by atoms with Gasteiger partial charge in [-0.1, -0.05) is 0 Å². The fourth-order valence-corrected chi connectivity index (χ4v) is 0.797. The predicted octanol–water partition coefficient (Wildman–Crippen LogP) is 1.24. The molecule has 0 amide bonds. The molecule has 0 saturated heterocycles. The van der Waals surface area contributed by atoms with Crippen molar-refractivity contribution in [1.82, 2.24) is 0 Å². The molecule has 0 aromatic heterocycles. The van der Waals surface area contributed by atoms with E-state index >= 15 is 0 Å². The summed E-state index contributed by atoms with van der Waals surface area (Å²) in [4.78, 5) is 16.1. The SMILES string of the molecule is Cl.O=P(O)(O)CCC(F)F. The minimum absolute atomic E-state index is 0. The second-order valence-corrected chi connectivity index (χ2v) is 3.34. The average molecular weight is 197 g/mol. The molecular formula is C3H8ClF2O3P. The third-order valence-corrected chi connectivity index (χ3v) is 1.48. The van der Waals surface area contributed by atoms with Crippen molar-refractivity contribution < 1.29 is 23.1 Å². The van der Waals surface area contributed by atoms with Gasteiger partial charge >= 0.3 is 7.60 Å². The van der Waals surface area contributed by atoms with E-state index in [2.05, 4.69) is 0 Å². The number of halogens is 3. The first kappa shape index (κ1) is 12.9. The van der Waals surface area contributed by atoms with Crippen LogP contribution in [0.25, 0.3) is 0 Å². The summed E-state index contributed by atoms with van der Waals surface area (Å²) in [5.74, 6) is 0. The molecule has 0 fully saturated rings. The fraction of sp³-hybridized carbons (Fsp3) is 1.00. The first-order chi connectivity index (χ1) is 3.92. The van der Waals surface area contributed by atoms with Crippen LogP contribution in [0.2, 0.25) is 0 Å². The van der Waals surface area contributed by atoms with Crippen LogP contribution in [0.5, 0.6) is 0 Å². The van der Waals surface area contributed by atoms with E-state index in [0.717, 1.165) is 0 Å². The van der Waals surface area contributed by atoms with Gasteiger partial charge in [-0.05, 0) is 0 Å². The minimum atomic E-state index is -4.20. The van der Waals surface area contributed by atoms with E-state index in [1.54, 1.807) is 0 Å². The molecule has 0 atom stereocenters. The lowest BCUT2D eigenvalue weighted by Crippen LogP contribution is -1.95. The van der Waals surface area contributed by atoms with Crippen LogP contribution < -0.4 is 0 Å². The van der Waals surface area contributed by atoms with Crippen LogP contribution in [-0.4, -0.2) is 22.4 Å². The highest BCUT2D eigenvalue weighted by atomic mass is 35.5. The van der Waals surface area contributed by atoms with Crippen molar-refractivity contribution in [2.45, 2.75) is 12.8 Å². The molecule has 0 rings (SSSR count). The van der Waals surface area contributed by atoms with Gasteiger partial charge < -0.3 is 9.79 Å². The zero-order valence-corrected chi connectivity index (χ0v) is 6.62. The number of hydrogen-bond donors (Lipinski definition) is 2. The van der Waals surface area contributed by atoms with Crippen molar-refractivity contribution >= 4 is 20.0 Å². The zero-order valence-electron chi connectivity index (χ0n) is 4.91. The van der Waals surface area contributed by atoms with Gasteiger partial charge in [0.2, 0.25) is 6.43 Å². The Morgan fingerprint density at radius 2 is 1.80 bits per heavy atom. The Labute approximate surface area is 63.0 Å².